The van der Waals surface area contributed by atoms with Crippen LogP contribution in [0.3, 0.4) is 0 Å². The smallest absolute Gasteiger partial charge is 0.387 e. The lowest BCUT2D eigenvalue weighted by atomic mass is 10.0. The van der Waals surface area contributed by atoms with Gasteiger partial charge in [0.1, 0.15) is 5.75 Å². The molecule has 2 aromatic carbocycles. The molecule has 0 unspecified atom stereocenters. The zero-order chi connectivity index (χ0) is 17.3. The van der Waals surface area contributed by atoms with E-state index in [1.807, 2.05) is 0 Å². The first-order valence-electron chi connectivity index (χ1n) is 6.99. The van der Waals surface area contributed by atoms with Crippen LogP contribution in [0.2, 0.25) is 0 Å². The van der Waals surface area contributed by atoms with Gasteiger partial charge in [-0.15, -0.1) is 0 Å². The Morgan fingerprint density at radius 3 is 2.38 bits per heavy atom. The molecule has 124 valence electrons. The summed E-state index contributed by atoms with van der Waals surface area (Å²) in [5.74, 6) is -0.758. The molecule has 0 amide bonds. The number of hydrogen-bond acceptors (Lipinski definition) is 4. The van der Waals surface area contributed by atoms with E-state index < -0.39 is 22.2 Å². The first-order chi connectivity index (χ1) is 11.4. The van der Waals surface area contributed by atoms with Gasteiger partial charge < -0.3 is 4.74 Å². The van der Waals surface area contributed by atoms with Crippen molar-refractivity contribution in [3.63, 3.8) is 0 Å². The van der Waals surface area contributed by atoms with Gasteiger partial charge in [0.15, 0.2) is 15.6 Å². The minimum absolute atomic E-state index is 0.0138. The fourth-order valence-corrected chi connectivity index (χ4v) is 4.06. The number of fused-ring (bicyclic) bond motifs is 1. The SMILES string of the molecule is O=C1/C(=C\c2ccc(OC(F)F)cc2)CS(=O)(=O)c2ccccc21. The molecule has 0 N–H and O–H groups in total. The summed E-state index contributed by atoms with van der Waals surface area (Å²) in [6.07, 6.45) is 1.45. The summed E-state index contributed by atoms with van der Waals surface area (Å²) in [5.41, 5.74) is 0.804. The highest BCUT2D eigenvalue weighted by molar-refractivity contribution is 7.91. The zero-order valence-corrected chi connectivity index (χ0v) is 13.1. The highest BCUT2D eigenvalue weighted by atomic mass is 32.2. The number of hydrogen-bond donors (Lipinski definition) is 0. The Hall–Kier alpha value is -2.54. The number of carbonyl (C=O) groups is 1. The number of alkyl halides is 2. The van der Waals surface area contributed by atoms with Crippen LogP contribution in [0.15, 0.2) is 59.0 Å². The molecule has 0 saturated heterocycles. The lowest BCUT2D eigenvalue weighted by Gasteiger charge is -2.17. The summed E-state index contributed by atoms with van der Waals surface area (Å²) < 4.78 is 53.1. The molecule has 2 aromatic rings. The normalized spacial score (nSPS) is 17.8. The summed E-state index contributed by atoms with van der Waals surface area (Å²) in [6.45, 7) is -2.92. The molecule has 1 aliphatic rings. The molecule has 0 saturated carbocycles. The van der Waals surface area contributed by atoms with Gasteiger partial charge in [-0.3, -0.25) is 4.79 Å². The maximum Gasteiger partial charge on any atom is 0.387 e. The van der Waals surface area contributed by atoms with E-state index in [9.17, 15) is 22.0 Å². The first-order valence-corrected chi connectivity index (χ1v) is 8.64. The third kappa shape index (κ3) is 3.21. The summed E-state index contributed by atoms with van der Waals surface area (Å²) in [7, 11) is -3.58. The highest BCUT2D eigenvalue weighted by Gasteiger charge is 2.32. The van der Waals surface area contributed by atoms with Crippen LogP contribution in [-0.4, -0.2) is 26.6 Å². The molecule has 0 aromatic heterocycles. The fraction of sp³-hybridized carbons (Fsp3) is 0.118. The predicted octanol–water partition coefficient (Wildman–Crippen LogP) is 3.34. The first kappa shape index (κ1) is 16.3. The van der Waals surface area contributed by atoms with Crippen LogP contribution < -0.4 is 4.74 Å². The van der Waals surface area contributed by atoms with Crippen LogP contribution in [0, 0.1) is 0 Å². The average Bonchev–Trinajstić information content (AvgIpc) is 2.54. The summed E-state index contributed by atoms with van der Waals surface area (Å²) >= 11 is 0. The molecule has 0 radical (unpaired) electrons. The molecule has 1 aliphatic heterocycles. The largest absolute Gasteiger partial charge is 0.435 e. The van der Waals surface area contributed by atoms with Crippen molar-refractivity contribution in [1.29, 1.82) is 0 Å². The van der Waals surface area contributed by atoms with Crippen LogP contribution in [0.4, 0.5) is 8.78 Å². The minimum atomic E-state index is -3.58. The number of halogens is 2. The number of rotatable bonds is 3. The Morgan fingerprint density at radius 1 is 1.04 bits per heavy atom. The maximum absolute atomic E-state index is 12.5. The van der Waals surface area contributed by atoms with E-state index in [1.54, 1.807) is 12.1 Å². The Bertz CT molecular complexity index is 916. The van der Waals surface area contributed by atoms with E-state index in [0.29, 0.717) is 5.56 Å². The molecule has 4 nitrogen and oxygen atoms in total. The van der Waals surface area contributed by atoms with Gasteiger partial charge in [-0.05, 0) is 35.9 Å². The lowest BCUT2D eigenvalue weighted by Crippen LogP contribution is -2.24. The van der Waals surface area contributed by atoms with Gasteiger partial charge in [-0.1, -0.05) is 24.3 Å². The Kier molecular flexibility index (Phi) is 4.19. The predicted molar refractivity (Wildman–Crippen MR) is 83.9 cm³/mol. The van der Waals surface area contributed by atoms with Crippen molar-refractivity contribution in [2.45, 2.75) is 11.5 Å². The lowest BCUT2D eigenvalue weighted by molar-refractivity contribution is -0.0498. The molecular formula is C17H12F2O4S. The van der Waals surface area contributed by atoms with E-state index >= 15 is 0 Å². The molecule has 1 heterocycles. The number of carbonyl (C=O) groups excluding carboxylic acids is 1. The van der Waals surface area contributed by atoms with Crippen molar-refractivity contribution < 1.29 is 26.7 Å². The number of sulfone groups is 1. The molecule has 0 spiro atoms. The second-order valence-corrected chi connectivity index (χ2v) is 7.16. The van der Waals surface area contributed by atoms with Crippen molar-refractivity contribution in [1.82, 2.24) is 0 Å². The standard InChI is InChI=1S/C17H12F2O4S/c18-17(19)23-13-7-5-11(6-8-13)9-12-10-24(21,22)15-4-2-1-3-14(15)16(12)20/h1-9,17H,10H2/b12-9-. The molecule has 24 heavy (non-hydrogen) atoms. The van der Waals surface area contributed by atoms with E-state index in [1.165, 1.54) is 42.5 Å². The monoisotopic (exact) mass is 350 g/mol. The van der Waals surface area contributed by atoms with Gasteiger partial charge in [-0.25, -0.2) is 8.42 Å². The van der Waals surface area contributed by atoms with Crippen molar-refractivity contribution >= 4 is 21.7 Å². The Morgan fingerprint density at radius 2 is 1.71 bits per heavy atom. The second-order valence-electron chi connectivity index (χ2n) is 5.20. The number of benzene rings is 2. The van der Waals surface area contributed by atoms with Crippen molar-refractivity contribution in [3.8, 4) is 5.75 Å². The second kappa shape index (κ2) is 6.16. The molecule has 7 heteroatoms. The molecule has 3 rings (SSSR count). The van der Waals surface area contributed by atoms with Gasteiger partial charge in [0.25, 0.3) is 0 Å². The number of Topliss-reactive ketones (excluding diaryl/α,β-unsaturated/α-hetero) is 1. The quantitative estimate of drug-likeness (QED) is 0.797. The number of ketones is 1. The van der Waals surface area contributed by atoms with Gasteiger partial charge in [0.2, 0.25) is 0 Å². The molecule has 0 fully saturated rings. The molecule has 0 bridgehead atoms. The molecular weight excluding hydrogens is 338 g/mol. The Balaban J connectivity index is 1.95. The van der Waals surface area contributed by atoms with Crippen molar-refractivity contribution in [3.05, 3.63) is 65.2 Å². The van der Waals surface area contributed by atoms with Gasteiger partial charge in [0.05, 0.1) is 10.6 Å². The zero-order valence-electron chi connectivity index (χ0n) is 12.3. The van der Waals surface area contributed by atoms with E-state index in [4.69, 9.17) is 0 Å². The van der Waals surface area contributed by atoms with Crippen LogP contribution in [0.1, 0.15) is 15.9 Å². The van der Waals surface area contributed by atoms with Crippen LogP contribution >= 0.6 is 0 Å². The van der Waals surface area contributed by atoms with Crippen molar-refractivity contribution in [2.75, 3.05) is 5.75 Å². The molecule has 0 atom stereocenters. The van der Waals surface area contributed by atoms with Gasteiger partial charge in [-0.2, -0.15) is 8.78 Å². The van der Waals surface area contributed by atoms with Crippen molar-refractivity contribution in [2.24, 2.45) is 0 Å². The van der Waals surface area contributed by atoms with Crippen LogP contribution in [-0.2, 0) is 9.84 Å². The summed E-state index contributed by atoms with van der Waals surface area (Å²) in [5, 5.41) is 0. The topological polar surface area (TPSA) is 60.4 Å². The molecule has 0 aliphatic carbocycles. The summed E-state index contributed by atoms with van der Waals surface area (Å²) in [6, 6.07) is 11.7. The summed E-state index contributed by atoms with van der Waals surface area (Å²) in [4.78, 5) is 12.5. The third-order valence-corrected chi connectivity index (χ3v) is 5.27. The third-order valence-electron chi connectivity index (χ3n) is 3.55. The van der Waals surface area contributed by atoms with Gasteiger partial charge >= 0.3 is 6.61 Å². The van der Waals surface area contributed by atoms with E-state index in [-0.39, 0.29) is 27.6 Å². The van der Waals surface area contributed by atoms with Gasteiger partial charge in [0, 0.05) is 11.1 Å². The average molecular weight is 350 g/mol. The van der Waals surface area contributed by atoms with Crippen LogP contribution in [0.25, 0.3) is 6.08 Å². The van der Waals surface area contributed by atoms with E-state index in [2.05, 4.69) is 4.74 Å². The van der Waals surface area contributed by atoms with Crippen LogP contribution in [0.5, 0.6) is 5.75 Å². The Labute approximate surface area is 137 Å². The van der Waals surface area contributed by atoms with E-state index in [0.717, 1.165) is 0 Å². The minimum Gasteiger partial charge on any atom is -0.435 e. The maximum atomic E-state index is 12.5. The highest BCUT2D eigenvalue weighted by Crippen LogP contribution is 2.29. The fourth-order valence-electron chi connectivity index (χ4n) is 2.50. The number of ether oxygens (including phenoxy) is 1.